The summed E-state index contributed by atoms with van der Waals surface area (Å²) < 4.78 is 7.14. The van der Waals surface area contributed by atoms with E-state index < -0.39 is 24.5 Å². The molecule has 4 atom stereocenters. The van der Waals surface area contributed by atoms with E-state index in [4.69, 9.17) is 10.5 Å². The highest BCUT2D eigenvalue weighted by Crippen LogP contribution is 2.31. The van der Waals surface area contributed by atoms with Gasteiger partial charge in [0.05, 0.1) is 19.0 Å². The molecule has 1 aliphatic heterocycles. The lowest BCUT2D eigenvalue weighted by atomic mass is 10.1. The molecule has 2 unspecified atom stereocenters. The highest BCUT2D eigenvalue weighted by atomic mass is 16.5. The molecule has 0 spiro atoms. The van der Waals surface area contributed by atoms with Crippen molar-refractivity contribution < 1.29 is 19.7 Å². The lowest BCUT2D eigenvalue weighted by Crippen LogP contribution is -2.47. The number of nitrogens with two attached hydrogens (primary N) is 1. The van der Waals surface area contributed by atoms with Crippen LogP contribution in [0.3, 0.4) is 0 Å². The SMILES string of the molecule is CC(=O)NC1C(O)[C@H](n2cnc3c(N)ncnc32)O[C@@H]1CO. The summed E-state index contributed by atoms with van der Waals surface area (Å²) in [6, 6.07) is -0.732. The first kappa shape index (κ1) is 14.6. The van der Waals surface area contributed by atoms with Gasteiger partial charge in [-0.1, -0.05) is 0 Å². The average Bonchev–Trinajstić information content (AvgIpc) is 3.02. The van der Waals surface area contributed by atoms with Gasteiger partial charge in [0.25, 0.3) is 0 Å². The normalized spacial score (nSPS) is 28.1. The Morgan fingerprint density at radius 3 is 2.95 bits per heavy atom. The van der Waals surface area contributed by atoms with E-state index >= 15 is 0 Å². The molecule has 1 saturated heterocycles. The number of anilines is 1. The van der Waals surface area contributed by atoms with Crippen molar-refractivity contribution >= 4 is 22.9 Å². The van der Waals surface area contributed by atoms with Gasteiger partial charge < -0.3 is 26.0 Å². The summed E-state index contributed by atoms with van der Waals surface area (Å²) in [4.78, 5) is 23.3. The van der Waals surface area contributed by atoms with Crippen LogP contribution in [0.15, 0.2) is 12.7 Å². The van der Waals surface area contributed by atoms with E-state index in [1.807, 2.05) is 0 Å². The second-order valence-electron chi connectivity index (χ2n) is 5.05. The molecule has 10 heteroatoms. The van der Waals surface area contributed by atoms with Crippen molar-refractivity contribution in [2.45, 2.75) is 31.4 Å². The van der Waals surface area contributed by atoms with Crippen LogP contribution < -0.4 is 11.1 Å². The molecule has 1 aliphatic rings. The predicted octanol–water partition coefficient (Wildman–Crippen LogP) is -1.84. The van der Waals surface area contributed by atoms with Gasteiger partial charge in [-0.15, -0.1) is 0 Å². The Kier molecular flexibility index (Phi) is 3.64. The number of aliphatic hydroxyl groups excluding tert-OH is 2. The van der Waals surface area contributed by atoms with Gasteiger partial charge >= 0.3 is 0 Å². The first-order valence-electron chi connectivity index (χ1n) is 6.67. The van der Waals surface area contributed by atoms with Crippen molar-refractivity contribution in [3.05, 3.63) is 12.7 Å². The van der Waals surface area contributed by atoms with Crippen molar-refractivity contribution in [3.8, 4) is 0 Å². The van der Waals surface area contributed by atoms with Gasteiger partial charge in [-0.25, -0.2) is 15.0 Å². The minimum atomic E-state index is -1.07. The number of hydrogen-bond donors (Lipinski definition) is 4. The molecule has 2 aromatic rings. The fraction of sp³-hybridized carbons (Fsp3) is 0.500. The first-order chi connectivity index (χ1) is 10.5. The van der Waals surface area contributed by atoms with Crippen LogP contribution in [0.5, 0.6) is 0 Å². The molecule has 0 saturated carbocycles. The van der Waals surface area contributed by atoms with Gasteiger partial charge in [0.2, 0.25) is 5.91 Å². The van der Waals surface area contributed by atoms with Gasteiger partial charge in [-0.2, -0.15) is 0 Å². The smallest absolute Gasteiger partial charge is 0.217 e. The molecule has 2 aromatic heterocycles. The average molecular weight is 308 g/mol. The van der Waals surface area contributed by atoms with Crippen LogP contribution in [-0.4, -0.2) is 60.5 Å². The van der Waals surface area contributed by atoms with Crippen molar-refractivity contribution in [1.29, 1.82) is 0 Å². The largest absolute Gasteiger partial charge is 0.394 e. The quantitative estimate of drug-likeness (QED) is 0.517. The number of nitrogens with one attached hydrogen (secondary N) is 1. The van der Waals surface area contributed by atoms with Gasteiger partial charge in [-0.3, -0.25) is 9.36 Å². The Labute approximate surface area is 124 Å². The molecule has 22 heavy (non-hydrogen) atoms. The van der Waals surface area contributed by atoms with E-state index in [-0.39, 0.29) is 18.3 Å². The second-order valence-corrected chi connectivity index (χ2v) is 5.05. The van der Waals surface area contributed by atoms with E-state index in [0.717, 1.165) is 0 Å². The number of fused-ring (bicyclic) bond motifs is 1. The van der Waals surface area contributed by atoms with E-state index in [1.165, 1.54) is 24.1 Å². The minimum absolute atomic E-state index is 0.216. The molecule has 3 rings (SSSR count). The molecule has 3 heterocycles. The molecular weight excluding hydrogens is 292 g/mol. The van der Waals surface area contributed by atoms with Gasteiger partial charge in [0, 0.05) is 6.92 Å². The molecule has 5 N–H and O–H groups in total. The Hall–Kier alpha value is -2.30. The molecule has 1 amide bonds. The third-order valence-electron chi connectivity index (χ3n) is 3.59. The van der Waals surface area contributed by atoms with Gasteiger partial charge in [-0.05, 0) is 0 Å². The van der Waals surface area contributed by atoms with Gasteiger partial charge in [0.1, 0.15) is 24.1 Å². The van der Waals surface area contributed by atoms with Crippen LogP contribution in [0.2, 0.25) is 0 Å². The highest BCUT2D eigenvalue weighted by Gasteiger charge is 2.45. The van der Waals surface area contributed by atoms with E-state index in [1.54, 1.807) is 0 Å². The first-order valence-corrected chi connectivity index (χ1v) is 6.67. The molecular formula is C12H16N6O4. The Morgan fingerprint density at radius 2 is 2.27 bits per heavy atom. The Balaban J connectivity index is 1.97. The van der Waals surface area contributed by atoms with Gasteiger partial charge in [0.15, 0.2) is 17.7 Å². The summed E-state index contributed by atoms with van der Waals surface area (Å²) >= 11 is 0. The van der Waals surface area contributed by atoms with Crippen molar-refractivity contribution in [1.82, 2.24) is 24.8 Å². The van der Waals surface area contributed by atoms with Crippen LogP contribution in [0.1, 0.15) is 13.2 Å². The Morgan fingerprint density at radius 1 is 1.50 bits per heavy atom. The third-order valence-corrected chi connectivity index (χ3v) is 3.59. The zero-order chi connectivity index (χ0) is 15.9. The number of ether oxygens (including phenoxy) is 1. The van der Waals surface area contributed by atoms with Crippen LogP contribution in [0.25, 0.3) is 11.2 Å². The monoisotopic (exact) mass is 308 g/mol. The molecule has 0 aliphatic carbocycles. The standard InChI is InChI=1S/C12H16N6O4/c1-5(20)17-7-6(2-19)22-12(9(7)21)18-4-16-8-10(13)14-3-15-11(8)18/h3-4,6-7,9,12,19,21H,2H2,1H3,(H,17,20)(H2,13,14,15)/t6-,7?,9?,12-/m1/s1. The van der Waals surface area contributed by atoms with E-state index in [9.17, 15) is 15.0 Å². The van der Waals surface area contributed by atoms with Crippen LogP contribution in [0.4, 0.5) is 5.82 Å². The van der Waals surface area contributed by atoms with Crippen molar-refractivity contribution in [2.24, 2.45) is 0 Å². The van der Waals surface area contributed by atoms with Crippen LogP contribution >= 0.6 is 0 Å². The number of rotatable bonds is 3. The third kappa shape index (κ3) is 2.26. The van der Waals surface area contributed by atoms with Crippen molar-refractivity contribution in [3.63, 3.8) is 0 Å². The van der Waals surface area contributed by atoms with Crippen molar-refractivity contribution in [2.75, 3.05) is 12.3 Å². The van der Waals surface area contributed by atoms with E-state index in [0.29, 0.717) is 11.2 Å². The lowest BCUT2D eigenvalue weighted by Gasteiger charge is -2.19. The highest BCUT2D eigenvalue weighted by molar-refractivity contribution is 5.81. The number of aromatic nitrogens is 4. The van der Waals surface area contributed by atoms with E-state index in [2.05, 4.69) is 20.3 Å². The zero-order valence-electron chi connectivity index (χ0n) is 11.7. The summed E-state index contributed by atoms with van der Waals surface area (Å²) in [5.41, 5.74) is 6.51. The van der Waals surface area contributed by atoms with Crippen LogP contribution in [-0.2, 0) is 9.53 Å². The molecule has 0 aromatic carbocycles. The number of aliphatic hydroxyl groups is 2. The predicted molar refractivity (Wildman–Crippen MR) is 74.3 cm³/mol. The number of nitrogen functional groups attached to an aromatic ring is 1. The maximum Gasteiger partial charge on any atom is 0.217 e. The van der Waals surface area contributed by atoms with Crippen LogP contribution in [0, 0.1) is 0 Å². The molecule has 10 nitrogen and oxygen atoms in total. The summed E-state index contributed by atoms with van der Waals surface area (Å²) in [7, 11) is 0. The summed E-state index contributed by atoms with van der Waals surface area (Å²) in [6.45, 7) is 0.983. The number of amides is 1. The maximum atomic E-state index is 11.2. The number of imidazole rings is 1. The number of carbonyl (C=O) groups excluding carboxylic acids is 1. The Bertz CT molecular complexity index is 704. The molecule has 0 radical (unpaired) electrons. The number of nitrogens with zero attached hydrogens (tertiary/aromatic N) is 4. The topological polar surface area (TPSA) is 148 Å². The minimum Gasteiger partial charge on any atom is -0.394 e. The number of carbonyl (C=O) groups is 1. The molecule has 1 fully saturated rings. The zero-order valence-corrected chi connectivity index (χ0v) is 11.7. The molecule has 118 valence electrons. The fourth-order valence-electron chi connectivity index (χ4n) is 2.60. The number of hydrogen-bond acceptors (Lipinski definition) is 8. The summed E-state index contributed by atoms with van der Waals surface area (Å²) in [6.07, 6.45) is 0.0451. The summed E-state index contributed by atoms with van der Waals surface area (Å²) in [5.74, 6) is -0.109. The summed E-state index contributed by atoms with van der Waals surface area (Å²) in [5, 5.41) is 22.4. The lowest BCUT2D eigenvalue weighted by molar-refractivity contribution is -0.120. The fourth-order valence-corrected chi connectivity index (χ4v) is 2.60. The second kappa shape index (κ2) is 5.48. The maximum absolute atomic E-state index is 11.2. The molecule has 0 bridgehead atoms.